The molecule has 0 aliphatic heterocycles. The largest absolute Gasteiger partial charge is 0.466 e. The van der Waals surface area contributed by atoms with Gasteiger partial charge in [0.2, 0.25) is 5.91 Å². The fourth-order valence-electron chi connectivity index (χ4n) is 1.50. The third kappa shape index (κ3) is 7.28. The van der Waals surface area contributed by atoms with Gasteiger partial charge in [0.1, 0.15) is 0 Å². The molecule has 0 heterocycles. The van der Waals surface area contributed by atoms with Crippen molar-refractivity contribution in [2.45, 2.75) is 19.8 Å². The maximum absolute atomic E-state index is 11.6. The lowest BCUT2D eigenvalue weighted by Gasteiger charge is -2.08. The quantitative estimate of drug-likeness (QED) is 0.634. The summed E-state index contributed by atoms with van der Waals surface area (Å²) in [7, 11) is -3.87. The number of anilines is 2. The molecule has 0 saturated heterocycles. The predicted octanol–water partition coefficient (Wildman–Crippen LogP) is 0.584. The highest BCUT2D eigenvalue weighted by Crippen LogP contribution is 2.16. The highest BCUT2D eigenvalue weighted by atomic mass is 32.2. The number of amides is 1. The van der Waals surface area contributed by atoms with Gasteiger partial charge in [-0.15, -0.1) is 0 Å². The molecule has 0 aromatic heterocycles. The predicted molar refractivity (Wildman–Crippen MR) is 77.7 cm³/mol. The molecule has 0 atom stereocenters. The van der Waals surface area contributed by atoms with Crippen molar-refractivity contribution >= 4 is 33.5 Å². The number of carbonyl (C=O) groups excluding carboxylic acids is 2. The van der Waals surface area contributed by atoms with Crippen LogP contribution in [0.2, 0.25) is 0 Å². The second kappa shape index (κ2) is 7.60. The number of hydrogen-bond donors (Lipinski definition) is 3. The molecule has 1 aromatic rings. The van der Waals surface area contributed by atoms with Crippen molar-refractivity contribution in [3.05, 3.63) is 24.3 Å². The summed E-state index contributed by atoms with van der Waals surface area (Å²) in [4.78, 5) is 22.8. The zero-order valence-corrected chi connectivity index (χ0v) is 12.3. The summed E-state index contributed by atoms with van der Waals surface area (Å²) in [6.45, 7) is 1.95. The van der Waals surface area contributed by atoms with Gasteiger partial charge in [-0.2, -0.15) is 8.42 Å². The number of nitrogens with one attached hydrogen (secondary N) is 2. The van der Waals surface area contributed by atoms with Crippen LogP contribution in [0.1, 0.15) is 19.8 Å². The van der Waals surface area contributed by atoms with E-state index >= 15 is 0 Å². The van der Waals surface area contributed by atoms with Crippen molar-refractivity contribution < 1.29 is 22.7 Å². The van der Waals surface area contributed by atoms with E-state index < -0.39 is 16.2 Å². The lowest BCUT2D eigenvalue weighted by molar-refractivity contribution is -0.144. The molecule has 0 spiro atoms. The molecule has 9 heteroatoms. The van der Waals surface area contributed by atoms with E-state index in [1.54, 1.807) is 19.1 Å². The second-order valence-electron chi connectivity index (χ2n) is 4.08. The average Bonchev–Trinajstić information content (AvgIpc) is 2.35. The summed E-state index contributed by atoms with van der Waals surface area (Å²) < 4.78 is 28.6. The van der Waals surface area contributed by atoms with Gasteiger partial charge in [0.25, 0.3) is 10.2 Å². The van der Waals surface area contributed by atoms with Gasteiger partial charge in [-0.05, 0) is 25.1 Å². The van der Waals surface area contributed by atoms with Gasteiger partial charge in [0, 0.05) is 12.1 Å². The Morgan fingerprint density at radius 2 is 1.90 bits per heavy atom. The standard InChI is InChI=1S/C12H17N3O5S/c1-2-20-12(17)7-6-11(16)14-9-4-3-5-10(8-9)15-21(13,18)19/h3-5,8,15H,2,6-7H2,1H3,(H,14,16)(H2,13,18,19). The van der Waals surface area contributed by atoms with E-state index in [-0.39, 0.29) is 31.0 Å². The van der Waals surface area contributed by atoms with Crippen LogP contribution in [0.5, 0.6) is 0 Å². The minimum atomic E-state index is -3.87. The number of rotatable bonds is 7. The maximum atomic E-state index is 11.6. The van der Waals surface area contributed by atoms with Gasteiger partial charge >= 0.3 is 5.97 Å². The summed E-state index contributed by atoms with van der Waals surface area (Å²) in [6, 6.07) is 6.02. The van der Waals surface area contributed by atoms with E-state index in [4.69, 9.17) is 9.88 Å². The number of nitrogens with two attached hydrogens (primary N) is 1. The van der Waals surface area contributed by atoms with E-state index in [1.807, 2.05) is 0 Å². The van der Waals surface area contributed by atoms with Crippen LogP contribution in [-0.2, 0) is 24.5 Å². The molecule has 0 saturated carbocycles. The summed E-state index contributed by atoms with van der Waals surface area (Å²) in [5.41, 5.74) is 0.609. The average molecular weight is 315 g/mol. The van der Waals surface area contributed by atoms with Crippen LogP contribution >= 0.6 is 0 Å². The highest BCUT2D eigenvalue weighted by Gasteiger charge is 2.09. The second-order valence-corrected chi connectivity index (χ2v) is 5.38. The smallest absolute Gasteiger partial charge is 0.306 e. The third-order valence-corrected chi connectivity index (χ3v) is 2.79. The first kappa shape index (κ1) is 16.9. The van der Waals surface area contributed by atoms with Gasteiger partial charge in [-0.3, -0.25) is 14.3 Å². The van der Waals surface area contributed by atoms with Crippen LogP contribution in [0.4, 0.5) is 11.4 Å². The van der Waals surface area contributed by atoms with Crippen molar-refractivity contribution in [3.63, 3.8) is 0 Å². The lowest BCUT2D eigenvalue weighted by atomic mass is 10.2. The van der Waals surface area contributed by atoms with Gasteiger partial charge < -0.3 is 10.1 Å². The molecule has 0 bridgehead atoms. The fraction of sp³-hybridized carbons (Fsp3) is 0.333. The summed E-state index contributed by atoms with van der Waals surface area (Å²) in [6.07, 6.45) is -0.0412. The van der Waals surface area contributed by atoms with Crippen LogP contribution in [0.3, 0.4) is 0 Å². The molecular formula is C12H17N3O5S. The van der Waals surface area contributed by atoms with Gasteiger partial charge in [0.15, 0.2) is 0 Å². The van der Waals surface area contributed by atoms with Crippen molar-refractivity contribution in [1.29, 1.82) is 0 Å². The van der Waals surface area contributed by atoms with E-state index in [1.165, 1.54) is 12.1 Å². The molecule has 1 aromatic carbocycles. The first-order valence-electron chi connectivity index (χ1n) is 6.16. The summed E-state index contributed by atoms with van der Waals surface area (Å²) >= 11 is 0. The van der Waals surface area contributed by atoms with Crippen molar-refractivity contribution in [3.8, 4) is 0 Å². The highest BCUT2D eigenvalue weighted by molar-refractivity contribution is 7.90. The molecule has 116 valence electrons. The van der Waals surface area contributed by atoms with E-state index in [2.05, 4.69) is 10.0 Å². The molecule has 21 heavy (non-hydrogen) atoms. The number of hydrogen-bond acceptors (Lipinski definition) is 5. The number of esters is 1. The number of ether oxygens (including phenoxy) is 1. The Labute approximate surface area is 122 Å². The Bertz CT molecular complexity index is 615. The summed E-state index contributed by atoms with van der Waals surface area (Å²) in [5.74, 6) is -0.826. The van der Waals surface area contributed by atoms with Crippen LogP contribution in [0, 0.1) is 0 Å². The minimum absolute atomic E-state index is 0.0191. The van der Waals surface area contributed by atoms with E-state index in [0.29, 0.717) is 5.69 Å². The van der Waals surface area contributed by atoms with Gasteiger partial charge in [-0.1, -0.05) is 6.07 Å². The van der Waals surface area contributed by atoms with E-state index in [0.717, 1.165) is 0 Å². The molecule has 0 fully saturated rings. The molecular weight excluding hydrogens is 298 g/mol. The summed E-state index contributed by atoms with van der Waals surface area (Å²) in [5, 5.41) is 7.39. The molecule has 0 aliphatic rings. The fourth-order valence-corrected chi connectivity index (χ4v) is 1.95. The molecule has 8 nitrogen and oxygen atoms in total. The molecule has 0 radical (unpaired) electrons. The Morgan fingerprint density at radius 3 is 2.52 bits per heavy atom. The third-order valence-electron chi connectivity index (χ3n) is 2.27. The SMILES string of the molecule is CCOC(=O)CCC(=O)Nc1cccc(NS(N)(=O)=O)c1. The topological polar surface area (TPSA) is 128 Å². The Kier molecular flexibility index (Phi) is 6.12. The monoisotopic (exact) mass is 315 g/mol. The van der Waals surface area contributed by atoms with Crippen molar-refractivity contribution in [1.82, 2.24) is 0 Å². The Hall–Kier alpha value is -2.13. The number of carbonyl (C=O) groups is 2. The van der Waals surface area contributed by atoms with Crippen molar-refractivity contribution in [2.24, 2.45) is 5.14 Å². The van der Waals surface area contributed by atoms with Crippen LogP contribution in [-0.4, -0.2) is 26.9 Å². The molecule has 4 N–H and O–H groups in total. The zero-order chi connectivity index (χ0) is 15.9. The molecule has 0 unspecified atom stereocenters. The maximum Gasteiger partial charge on any atom is 0.306 e. The van der Waals surface area contributed by atoms with Crippen LogP contribution in [0.15, 0.2) is 24.3 Å². The first-order valence-corrected chi connectivity index (χ1v) is 7.71. The first-order chi connectivity index (χ1) is 9.80. The van der Waals surface area contributed by atoms with E-state index in [9.17, 15) is 18.0 Å². The van der Waals surface area contributed by atoms with Crippen LogP contribution in [0.25, 0.3) is 0 Å². The minimum Gasteiger partial charge on any atom is -0.466 e. The van der Waals surface area contributed by atoms with Crippen molar-refractivity contribution in [2.75, 3.05) is 16.6 Å². The van der Waals surface area contributed by atoms with Crippen LogP contribution < -0.4 is 15.2 Å². The van der Waals surface area contributed by atoms with Gasteiger partial charge in [-0.25, -0.2) is 5.14 Å². The zero-order valence-electron chi connectivity index (χ0n) is 11.5. The molecule has 0 aliphatic carbocycles. The Balaban J connectivity index is 2.56. The normalized spacial score (nSPS) is 10.8. The Morgan fingerprint density at radius 1 is 1.24 bits per heavy atom. The van der Waals surface area contributed by atoms with Gasteiger partial charge in [0.05, 0.1) is 18.7 Å². The molecule has 1 amide bonds. The lowest BCUT2D eigenvalue weighted by Crippen LogP contribution is -2.21. The number of benzene rings is 1. The molecule has 1 rings (SSSR count).